The average Bonchev–Trinajstić information content (AvgIpc) is 2.51. The number of benzene rings is 1. The van der Waals surface area contributed by atoms with Gasteiger partial charge in [0.2, 0.25) is 18.2 Å². The molecule has 1 aromatic carbocycles. The molecule has 1 heterocycles. The van der Waals surface area contributed by atoms with E-state index in [0.717, 1.165) is 28.8 Å². The Hall–Kier alpha value is -2.37. The van der Waals surface area contributed by atoms with Crippen LogP contribution in [0.5, 0.6) is 0 Å². The summed E-state index contributed by atoms with van der Waals surface area (Å²) in [5, 5.41) is 2.84. The van der Waals surface area contributed by atoms with Crippen molar-refractivity contribution in [1.29, 1.82) is 0 Å². The number of aryl methyl sites for hydroxylation is 3. The number of anilines is 1. The molecule has 6 heteroatoms. The third kappa shape index (κ3) is 4.31. The van der Waals surface area contributed by atoms with Crippen LogP contribution in [0.4, 0.5) is 5.69 Å². The number of nitrogens with zero attached hydrogens (tertiary/aromatic N) is 2. The number of carbonyl (C=O) groups is 3. The first-order valence-corrected chi connectivity index (χ1v) is 7.75. The van der Waals surface area contributed by atoms with Gasteiger partial charge in [-0.05, 0) is 31.9 Å². The van der Waals surface area contributed by atoms with E-state index in [9.17, 15) is 14.4 Å². The van der Waals surface area contributed by atoms with Gasteiger partial charge in [-0.15, -0.1) is 0 Å². The monoisotopic (exact) mass is 317 g/mol. The van der Waals surface area contributed by atoms with E-state index in [2.05, 4.69) is 5.32 Å². The van der Waals surface area contributed by atoms with Crippen LogP contribution in [0.15, 0.2) is 12.1 Å². The highest BCUT2D eigenvalue weighted by Crippen LogP contribution is 2.22. The first-order valence-electron chi connectivity index (χ1n) is 7.75. The van der Waals surface area contributed by atoms with Crippen LogP contribution >= 0.6 is 0 Å². The highest BCUT2D eigenvalue weighted by atomic mass is 16.2. The third-order valence-corrected chi connectivity index (χ3v) is 4.07. The molecule has 3 amide bonds. The minimum absolute atomic E-state index is 0.173. The maximum atomic E-state index is 12.2. The van der Waals surface area contributed by atoms with Crippen LogP contribution in [0.1, 0.15) is 23.1 Å². The Balaban J connectivity index is 1.92. The van der Waals surface area contributed by atoms with Gasteiger partial charge in [0.1, 0.15) is 6.42 Å². The van der Waals surface area contributed by atoms with Crippen LogP contribution in [0, 0.1) is 20.8 Å². The van der Waals surface area contributed by atoms with E-state index in [-0.39, 0.29) is 18.2 Å². The lowest BCUT2D eigenvalue weighted by Crippen LogP contribution is -2.48. The number of rotatable bonds is 4. The molecule has 23 heavy (non-hydrogen) atoms. The van der Waals surface area contributed by atoms with Crippen molar-refractivity contribution >= 4 is 23.9 Å². The first kappa shape index (κ1) is 17.0. The van der Waals surface area contributed by atoms with Crippen LogP contribution < -0.4 is 5.32 Å². The number of hydrogen-bond acceptors (Lipinski definition) is 3. The molecule has 1 aliphatic rings. The quantitative estimate of drug-likeness (QED) is 0.671. The van der Waals surface area contributed by atoms with Crippen LogP contribution in [0.3, 0.4) is 0 Å². The maximum Gasteiger partial charge on any atom is 0.233 e. The van der Waals surface area contributed by atoms with E-state index in [1.807, 2.05) is 32.9 Å². The highest BCUT2D eigenvalue weighted by Gasteiger charge is 2.22. The molecule has 1 fully saturated rings. The molecule has 6 nitrogen and oxygen atoms in total. The van der Waals surface area contributed by atoms with Gasteiger partial charge < -0.3 is 15.1 Å². The van der Waals surface area contributed by atoms with Gasteiger partial charge >= 0.3 is 0 Å². The summed E-state index contributed by atoms with van der Waals surface area (Å²) in [6, 6.07) is 4.01. The zero-order valence-electron chi connectivity index (χ0n) is 13.9. The summed E-state index contributed by atoms with van der Waals surface area (Å²) in [6.45, 7) is 7.89. The first-order chi connectivity index (χ1) is 10.9. The second-order valence-electron chi connectivity index (χ2n) is 6.02. The van der Waals surface area contributed by atoms with Gasteiger partial charge in [-0.1, -0.05) is 17.7 Å². The molecule has 1 aliphatic heterocycles. The third-order valence-electron chi connectivity index (χ3n) is 4.07. The fourth-order valence-corrected chi connectivity index (χ4v) is 2.89. The predicted octanol–water partition coefficient (Wildman–Crippen LogP) is 1.24. The van der Waals surface area contributed by atoms with Crippen molar-refractivity contribution in [1.82, 2.24) is 9.80 Å². The van der Waals surface area contributed by atoms with Gasteiger partial charge in [-0.25, -0.2) is 0 Å². The molecule has 0 aromatic heterocycles. The van der Waals surface area contributed by atoms with Crippen molar-refractivity contribution in [2.24, 2.45) is 0 Å². The molecule has 0 aliphatic carbocycles. The van der Waals surface area contributed by atoms with E-state index in [4.69, 9.17) is 0 Å². The lowest BCUT2D eigenvalue weighted by molar-refractivity contribution is -0.137. The van der Waals surface area contributed by atoms with E-state index < -0.39 is 0 Å². The summed E-state index contributed by atoms with van der Waals surface area (Å²) < 4.78 is 0. The fraction of sp³-hybridized carbons (Fsp3) is 0.471. The van der Waals surface area contributed by atoms with Crippen LogP contribution in [-0.2, 0) is 14.4 Å². The topological polar surface area (TPSA) is 69.7 Å². The minimum atomic E-state index is -0.303. The van der Waals surface area contributed by atoms with E-state index >= 15 is 0 Å². The highest BCUT2D eigenvalue weighted by molar-refractivity contribution is 6.04. The summed E-state index contributed by atoms with van der Waals surface area (Å²) in [7, 11) is 0. The Morgan fingerprint density at radius 3 is 2.17 bits per heavy atom. The molecule has 0 atom stereocenters. The zero-order chi connectivity index (χ0) is 17.0. The maximum absolute atomic E-state index is 12.2. The molecule has 1 saturated heterocycles. The molecule has 1 N–H and O–H groups in total. The molecular formula is C17H23N3O3. The Bertz CT molecular complexity index is 597. The van der Waals surface area contributed by atoms with Gasteiger partial charge in [-0.2, -0.15) is 0 Å². The predicted molar refractivity (Wildman–Crippen MR) is 88.1 cm³/mol. The average molecular weight is 317 g/mol. The molecule has 0 bridgehead atoms. The molecule has 124 valence electrons. The van der Waals surface area contributed by atoms with E-state index in [0.29, 0.717) is 26.2 Å². The number of piperazine rings is 1. The van der Waals surface area contributed by atoms with Crippen LogP contribution in [0.25, 0.3) is 0 Å². The molecule has 0 unspecified atom stereocenters. The largest absolute Gasteiger partial charge is 0.342 e. The van der Waals surface area contributed by atoms with Crippen molar-refractivity contribution < 1.29 is 14.4 Å². The second-order valence-corrected chi connectivity index (χ2v) is 6.02. The van der Waals surface area contributed by atoms with Crippen molar-refractivity contribution in [3.8, 4) is 0 Å². The Morgan fingerprint density at radius 2 is 1.65 bits per heavy atom. The van der Waals surface area contributed by atoms with Gasteiger partial charge in [-0.3, -0.25) is 14.4 Å². The van der Waals surface area contributed by atoms with Gasteiger partial charge in [0.25, 0.3) is 0 Å². The van der Waals surface area contributed by atoms with Crippen molar-refractivity contribution in [3.63, 3.8) is 0 Å². The summed E-state index contributed by atoms with van der Waals surface area (Å²) in [5.74, 6) is -0.502. The fourth-order valence-electron chi connectivity index (χ4n) is 2.89. The van der Waals surface area contributed by atoms with E-state index in [1.54, 1.807) is 9.80 Å². The Labute approximate surface area is 136 Å². The molecule has 0 saturated carbocycles. The Kier molecular flexibility index (Phi) is 5.36. The summed E-state index contributed by atoms with van der Waals surface area (Å²) >= 11 is 0. The molecule has 2 rings (SSSR count). The molecule has 0 spiro atoms. The van der Waals surface area contributed by atoms with Crippen molar-refractivity contribution in [2.75, 3.05) is 31.5 Å². The summed E-state index contributed by atoms with van der Waals surface area (Å²) in [4.78, 5) is 38.3. The normalized spacial score (nSPS) is 14.6. The number of nitrogens with one attached hydrogen (secondary N) is 1. The van der Waals surface area contributed by atoms with Crippen LogP contribution in [-0.4, -0.2) is 54.2 Å². The van der Waals surface area contributed by atoms with Crippen LogP contribution in [0.2, 0.25) is 0 Å². The SMILES string of the molecule is Cc1cc(C)c(NC(=O)CC(=O)N2CCN(C=O)CC2)c(C)c1. The number of hydrogen-bond donors (Lipinski definition) is 1. The zero-order valence-corrected chi connectivity index (χ0v) is 13.9. The smallest absolute Gasteiger partial charge is 0.233 e. The number of amides is 3. The summed E-state index contributed by atoms with van der Waals surface area (Å²) in [5.41, 5.74) is 3.90. The van der Waals surface area contributed by atoms with Gasteiger partial charge in [0, 0.05) is 31.9 Å². The lowest BCUT2D eigenvalue weighted by Gasteiger charge is -2.32. The van der Waals surface area contributed by atoms with Gasteiger partial charge in [0.15, 0.2) is 0 Å². The lowest BCUT2D eigenvalue weighted by atomic mass is 10.0. The molecule has 0 radical (unpaired) electrons. The minimum Gasteiger partial charge on any atom is -0.342 e. The van der Waals surface area contributed by atoms with E-state index in [1.165, 1.54) is 0 Å². The number of carbonyl (C=O) groups excluding carboxylic acids is 3. The standard InChI is InChI=1S/C17H23N3O3/c1-12-8-13(2)17(14(3)9-12)18-15(22)10-16(23)20-6-4-19(11-21)5-7-20/h8-9,11H,4-7,10H2,1-3H3,(H,18,22). The Morgan fingerprint density at radius 1 is 1.09 bits per heavy atom. The molecule has 1 aromatic rings. The summed E-state index contributed by atoms with van der Waals surface area (Å²) in [6.07, 6.45) is 0.616. The van der Waals surface area contributed by atoms with Gasteiger partial charge in [0.05, 0.1) is 0 Å². The van der Waals surface area contributed by atoms with Crippen molar-refractivity contribution in [3.05, 3.63) is 28.8 Å². The van der Waals surface area contributed by atoms with Crippen molar-refractivity contribution in [2.45, 2.75) is 27.2 Å². The molecular weight excluding hydrogens is 294 g/mol. The second kappa shape index (κ2) is 7.26.